The zero-order valence-corrected chi connectivity index (χ0v) is 21.7. The summed E-state index contributed by atoms with van der Waals surface area (Å²) >= 11 is 5.81. The number of aromatic nitrogens is 1. The maximum absolute atomic E-state index is 14.2. The van der Waals surface area contributed by atoms with Gasteiger partial charge in [-0.05, 0) is 36.6 Å². The number of esters is 1. The van der Waals surface area contributed by atoms with Gasteiger partial charge in [0.05, 0.1) is 23.3 Å². The van der Waals surface area contributed by atoms with Gasteiger partial charge in [0, 0.05) is 23.7 Å². The van der Waals surface area contributed by atoms with Gasteiger partial charge < -0.3 is 31.2 Å². The fourth-order valence-corrected chi connectivity index (χ4v) is 4.20. The molecule has 0 unspecified atom stereocenters. The Hall–Kier alpha value is -4.32. The molecule has 0 saturated heterocycles. The molecule has 11 nitrogen and oxygen atoms in total. The molecule has 1 saturated carbocycles. The molecule has 0 bridgehead atoms. The highest BCUT2D eigenvalue weighted by Crippen LogP contribution is 2.34. The Morgan fingerprint density at radius 3 is 2.67 bits per heavy atom. The average Bonchev–Trinajstić information content (AvgIpc) is 3.66. The molecule has 2 aromatic carbocycles. The number of primary amides is 1. The first-order chi connectivity index (χ1) is 18.7. The van der Waals surface area contributed by atoms with Crippen molar-refractivity contribution in [2.75, 3.05) is 19.0 Å². The van der Waals surface area contributed by atoms with Crippen LogP contribution in [0.2, 0.25) is 5.02 Å². The first-order valence-corrected chi connectivity index (χ1v) is 12.5. The van der Waals surface area contributed by atoms with Crippen LogP contribution < -0.4 is 26.4 Å². The minimum atomic E-state index is -0.886. The summed E-state index contributed by atoms with van der Waals surface area (Å²) in [5.41, 5.74) is 6.30. The number of nitrogens with one attached hydrogen (secondary N) is 3. The zero-order valence-electron chi connectivity index (χ0n) is 21.0. The van der Waals surface area contributed by atoms with E-state index < -0.39 is 35.8 Å². The van der Waals surface area contributed by atoms with Gasteiger partial charge in [-0.1, -0.05) is 36.6 Å². The van der Waals surface area contributed by atoms with E-state index >= 15 is 0 Å². The number of nitrogens with zero attached hydrogens (tertiary/aromatic N) is 1. The lowest BCUT2D eigenvalue weighted by molar-refractivity contribution is -0.142. The lowest BCUT2D eigenvalue weighted by Crippen LogP contribution is -2.48. The second kappa shape index (κ2) is 12.0. The monoisotopic (exact) mass is 559 g/mol. The Morgan fingerprint density at radius 1 is 1.21 bits per heavy atom. The van der Waals surface area contributed by atoms with E-state index in [1.165, 1.54) is 37.6 Å². The summed E-state index contributed by atoms with van der Waals surface area (Å²) in [6.07, 6.45) is 3.63. The molecule has 5 N–H and O–H groups in total. The molecule has 1 atom stereocenters. The molecule has 1 aliphatic rings. The Labute approximate surface area is 227 Å². The maximum Gasteiger partial charge on any atom is 0.343 e. The molecule has 4 rings (SSSR count). The van der Waals surface area contributed by atoms with E-state index in [1.54, 1.807) is 12.1 Å². The van der Waals surface area contributed by atoms with E-state index in [4.69, 9.17) is 22.1 Å². The van der Waals surface area contributed by atoms with Gasteiger partial charge in [0.15, 0.2) is 6.61 Å². The molecule has 3 aromatic rings. The van der Waals surface area contributed by atoms with Gasteiger partial charge in [-0.15, -0.1) is 0 Å². The van der Waals surface area contributed by atoms with Crippen LogP contribution in [0.5, 0.6) is 5.75 Å². The molecule has 1 fully saturated rings. The van der Waals surface area contributed by atoms with Gasteiger partial charge in [0.2, 0.25) is 5.91 Å². The van der Waals surface area contributed by atoms with Crippen LogP contribution in [0.3, 0.4) is 0 Å². The Bertz CT molecular complexity index is 1420. The van der Waals surface area contributed by atoms with Gasteiger partial charge >= 0.3 is 18.0 Å². The first-order valence-electron chi connectivity index (χ1n) is 12.1. The minimum Gasteiger partial charge on any atom is -0.482 e. The van der Waals surface area contributed by atoms with E-state index in [1.807, 2.05) is 0 Å². The van der Waals surface area contributed by atoms with Crippen molar-refractivity contribution in [3.05, 3.63) is 59.0 Å². The third-order valence-corrected chi connectivity index (χ3v) is 6.51. The molecule has 0 spiro atoms. The molecule has 206 valence electrons. The number of carbonyl (C=O) groups is 4. The predicted octanol–water partition coefficient (Wildman–Crippen LogP) is 3.52. The minimum absolute atomic E-state index is 0.0530. The third kappa shape index (κ3) is 6.96. The molecule has 1 aliphatic carbocycles. The molecule has 0 radical (unpaired) electrons. The molecule has 1 heterocycles. The van der Waals surface area contributed by atoms with Crippen molar-refractivity contribution >= 4 is 52.1 Å². The number of methoxy groups -OCH3 is 1. The summed E-state index contributed by atoms with van der Waals surface area (Å²) in [5, 5.41) is 8.32. The number of benzene rings is 2. The second-order valence-corrected chi connectivity index (χ2v) is 9.46. The second-order valence-electron chi connectivity index (χ2n) is 9.06. The van der Waals surface area contributed by atoms with Crippen molar-refractivity contribution in [2.45, 2.75) is 31.8 Å². The summed E-state index contributed by atoms with van der Waals surface area (Å²) < 4.78 is 25.3. The lowest BCUT2D eigenvalue weighted by atomic mass is 10.1. The van der Waals surface area contributed by atoms with E-state index in [0.29, 0.717) is 17.3 Å². The van der Waals surface area contributed by atoms with Crippen LogP contribution in [-0.4, -0.2) is 48.3 Å². The number of hydrogen-bond donors (Lipinski definition) is 4. The number of anilines is 1. The van der Waals surface area contributed by atoms with Crippen LogP contribution in [-0.2, 0) is 20.9 Å². The molecule has 1 aromatic heterocycles. The van der Waals surface area contributed by atoms with Crippen molar-refractivity contribution in [1.82, 2.24) is 15.2 Å². The highest BCUT2D eigenvalue weighted by molar-refractivity contribution is 6.30. The van der Waals surface area contributed by atoms with E-state index in [0.717, 1.165) is 17.4 Å². The van der Waals surface area contributed by atoms with Crippen molar-refractivity contribution in [1.29, 1.82) is 0 Å². The van der Waals surface area contributed by atoms with Crippen LogP contribution >= 0.6 is 11.6 Å². The number of halogens is 2. The Morgan fingerprint density at radius 2 is 1.97 bits per heavy atom. The van der Waals surface area contributed by atoms with Crippen LogP contribution in [0, 0.1) is 11.7 Å². The van der Waals surface area contributed by atoms with E-state index in [9.17, 15) is 23.6 Å². The number of carbonyl (C=O) groups excluding carboxylic acids is 4. The fourth-order valence-electron chi connectivity index (χ4n) is 4.01. The van der Waals surface area contributed by atoms with Crippen LogP contribution in [0.4, 0.5) is 19.7 Å². The SMILES string of the molecule is COC(=O)COc1ccc2c(c1)c(NC(=O)N[C@@H](CC1CC1)C(=O)NCc1cccc(Cl)c1F)cn2C(N)=O. The lowest BCUT2D eigenvalue weighted by Gasteiger charge is -2.19. The van der Waals surface area contributed by atoms with Crippen molar-refractivity contribution < 1.29 is 33.0 Å². The summed E-state index contributed by atoms with van der Waals surface area (Å²) in [6, 6.07) is 6.74. The number of ether oxygens (including phenoxy) is 2. The normalized spacial score (nSPS) is 13.4. The van der Waals surface area contributed by atoms with Gasteiger partial charge in [-0.3, -0.25) is 9.36 Å². The van der Waals surface area contributed by atoms with Gasteiger partial charge in [-0.25, -0.2) is 18.8 Å². The van der Waals surface area contributed by atoms with Gasteiger partial charge in [0.25, 0.3) is 0 Å². The first kappa shape index (κ1) is 27.7. The zero-order chi connectivity index (χ0) is 28.1. The van der Waals surface area contributed by atoms with Crippen LogP contribution in [0.25, 0.3) is 10.9 Å². The number of amides is 4. The van der Waals surface area contributed by atoms with Crippen molar-refractivity contribution in [3.8, 4) is 5.75 Å². The highest BCUT2D eigenvalue weighted by Gasteiger charge is 2.30. The number of nitrogens with two attached hydrogens (primary N) is 1. The summed E-state index contributed by atoms with van der Waals surface area (Å²) in [6.45, 7) is -0.436. The average molecular weight is 560 g/mol. The van der Waals surface area contributed by atoms with Crippen molar-refractivity contribution in [2.24, 2.45) is 11.7 Å². The summed E-state index contributed by atoms with van der Waals surface area (Å²) in [7, 11) is 1.23. The predicted molar refractivity (Wildman–Crippen MR) is 141 cm³/mol. The highest BCUT2D eigenvalue weighted by atomic mass is 35.5. The standard InChI is InChI=1S/C26H27ClFN5O6/c1-38-22(34)13-39-16-7-8-21-17(10-16)20(12-33(21)25(29)36)32-26(37)31-19(9-14-5-6-14)24(35)30-11-15-3-2-4-18(27)23(15)28/h2-4,7-8,10,12,14,19H,5-6,9,11,13H2,1H3,(H2,29,36)(H,30,35)(H2,31,32,37)/t19-/m0/s1. The molecular weight excluding hydrogens is 533 g/mol. The van der Waals surface area contributed by atoms with E-state index in [-0.39, 0.29) is 41.1 Å². The fraction of sp³-hybridized carbons (Fsp3) is 0.308. The molecule has 0 aliphatic heterocycles. The van der Waals surface area contributed by atoms with Gasteiger partial charge in [0.1, 0.15) is 17.6 Å². The van der Waals surface area contributed by atoms with Crippen LogP contribution in [0.15, 0.2) is 42.6 Å². The quantitative estimate of drug-likeness (QED) is 0.279. The Balaban J connectivity index is 1.48. The largest absolute Gasteiger partial charge is 0.482 e. The number of fused-ring (bicyclic) bond motifs is 1. The van der Waals surface area contributed by atoms with Crippen LogP contribution in [0.1, 0.15) is 24.8 Å². The Kier molecular flexibility index (Phi) is 8.55. The topological polar surface area (TPSA) is 154 Å². The van der Waals surface area contributed by atoms with Gasteiger partial charge in [-0.2, -0.15) is 0 Å². The summed E-state index contributed by atoms with van der Waals surface area (Å²) in [5.74, 6) is -1.10. The number of urea groups is 1. The summed E-state index contributed by atoms with van der Waals surface area (Å²) in [4.78, 5) is 49.3. The smallest absolute Gasteiger partial charge is 0.343 e. The maximum atomic E-state index is 14.2. The number of rotatable bonds is 10. The van der Waals surface area contributed by atoms with E-state index in [2.05, 4.69) is 20.7 Å². The third-order valence-electron chi connectivity index (χ3n) is 6.22. The molecule has 39 heavy (non-hydrogen) atoms. The van der Waals surface area contributed by atoms with Crippen molar-refractivity contribution in [3.63, 3.8) is 0 Å². The molecule has 4 amide bonds. The molecule has 13 heteroatoms. The number of hydrogen-bond acceptors (Lipinski definition) is 6. The molecular formula is C26H27ClFN5O6.